The number of nitrogens with zero attached hydrogens (tertiary/aromatic N) is 4. The number of carbonyl (C=O) groups is 1. The number of thiazole rings is 2. The Bertz CT molecular complexity index is 990. The number of nitrogens with one attached hydrogen (secondary N) is 1. The lowest BCUT2D eigenvalue weighted by Gasteiger charge is -2.02. The van der Waals surface area contributed by atoms with Crippen LogP contribution < -0.4 is 5.32 Å². The summed E-state index contributed by atoms with van der Waals surface area (Å²) in [5.74, 6) is -0.0403. The van der Waals surface area contributed by atoms with Crippen molar-refractivity contribution in [3.63, 3.8) is 0 Å². The summed E-state index contributed by atoms with van der Waals surface area (Å²) in [7, 11) is 0. The van der Waals surface area contributed by atoms with Crippen LogP contribution in [0, 0.1) is 6.92 Å². The zero-order valence-electron chi connectivity index (χ0n) is 13.5. The highest BCUT2D eigenvalue weighted by Crippen LogP contribution is 2.27. The molecule has 0 radical (unpaired) electrons. The first-order valence-corrected chi connectivity index (χ1v) is 9.43. The monoisotopic (exact) mass is 369 g/mol. The Balaban J connectivity index is 1.40. The van der Waals surface area contributed by atoms with Crippen LogP contribution >= 0.6 is 22.7 Å². The van der Waals surface area contributed by atoms with Gasteiger partial charge in [-0.05, 0) is 19.1 Å². The summed E-state index contributed by atoms with van der Waals surface area (Å²) in [5, 5.41) is 5.85. The summed E-state index contributed by atoms with van der Waals surface area (Å²) < 4.78 is 1.93. The highest BCUT2D eigenvalue weighted by molar-refractivity contribution is 7.15. The van der Waals surface area contributed by atoms with E-state index in [1.807, 2.05) is 41.2 Å². The number of rotatable bonds is 5. The van der Waals surface area contributed by atoms with E-state index in [0.29, 0.717) is 6.54 Å². The van der Waals surface area contributed by atoms with E-state index in [-0.39, 0.29) is 12.3 Å². The maximum absolute atomic E-state index is 12.2. The molecule has 0 spiro atoms. The van der Waals surface area contributed by atoms with Gasteiger partial charge in [-0.15, -0.1) is 22.7 Å². The lowest BCUT2D eigenvalue weighted by Crippen LogP contribution is -2.24. The van der Waals surface area contributed by atoms with E-state index in [4.69, 9.17) is 0 Å². The lowest BCUT2D eigenvalue weighted by molar-refractivity contribution is -0.120. The van der Waals surface area contributed by atoms with Crippen LogP contribution in [0.4, 0.5) is 0 Å². The summed E-state index contributed by atoms with van der Waals surface area (Å²) >= 11 is 3.14. The second-order valence-electron chi connectivity index (χ2n) is 5.55. The molecule has 0 atom stereocenters. The highest BCUT2D eigenvalue weighted by Gasteiger charge is 2.12. The first-order valence-electron chi connectivity index (χ1n) is 7.73. The standard InChI is InChI=1S/C17H15N5OS2/c1-11-14(25-16(20-11)12-3-2-4-18-8-12)9-19-15(23)7-13-10-22-5-6-24-17(22)21-13/h2-6,8,10H,7,9H2,1H3,(H,19,23). The molecule has 0 bridgehead atoms. The van der Waals surface area contributed by atoms with Gasteiger partial charge >= 0.3 is 0 Å². The van der Waals surface area contributed by atoms with Gasteiger partial charge in [-0.3, -0.25) is 14.2 Å². The molecular formula is C17H15N5OS2. The van der Waals surface area contributed by atoms with E-state index in [2.05, 4.69) is 20.3 Å². The van der Waals surface area contributed by atoms with Gasteiger partial charge in [0.05, 0.1) is 24.4 Å². The SMILES string of the molecule is Cc1nc(-c2cccnc2)sc1CNC(=O)Cc1cn2ccsc2n1. The lowest BCUT2D eigenvalue weighted by atomic mass is 10.3. The number of hydrogen-bond donors (Lipinski definition) is 1. The zero-order chi connectivity index (χ0) is 17.2. The molecular weight excluding hydrogens is 354 g/mol. The number of imidazole rings is 1. The summed E-state index contributed by atoms with van der Waals surface area (Å²) in [5.41, 5.74) is 2.71. The Morgan fingerprint density at radius 2 is 2.28 bits per heavy atom. The van der Waals surface area contributed by atoms with Crippen LogP contribution in [0.15, 0.2) is 42.3 Å². The summed E-state index contributed by atoms with van der Waals surface area (Å²) in [4.78, 5) is 27.3. The predicted molar refractivity (Wildman–Crippen MR) is 98.7 cm³/mol. The van der Waals surface area contributed by atoms with Gasteiger partial charge in [0.1, 0.15) is 5.01 Å². The highest BCUT2D eigenvalue weighted by atomic mass is 32.1. The van der Waals surface area contributed by atoms with E-state index in [0.717, 1.165) is 31.8 Å². The Hall–Kier alpha value is -2.58. The van der Waals surface area contributed by atoms with Crippen LogP contribution in [0.5, 0.6) is 0 Å². The maximum atomic E-state index is 12.2. The van der Waals surface area contributed by atoms with Crippen molar-refractivity contribution in [3.05, 3.63) is 58.6 Å². The van der Waals surface area contributed by atoms with Crippen molar-refractivity contribution in [3.8, 4) is 10.6 Å². The molecule has 6 nitrogen and oxygen atoms in total. The smallest absolute Gasteiger partial charge is 0.226 e. The van der Waals surface area contributed by atoms with Crippen LogP contribution in [0.2, 0.25) is 0 Å². The minimum atomic E-state index is -0.0403. The molecule has 25 heavy (non-hydrogen) atoms. The Kier molecular flexibility index (Phi) is 4.29. The molecule has 0 unspecified atom stereocenters. The van der Waals surface area contributed by atoms with Crippen LogP contribution in [-0.4, -0.2) is 25.3 Å². The zero-order valence-corrected chi connectivity index (χ0v) is 15.1. The Morgan fingerprint density at radius 3 is 3.08 bits per heavy atom. The molecule has 0 saturated carbocycles. The second kappa shape index (κ2) is 6.73. The number of fused-ring (bicyclic) bond motifs is 1. The normalized spacial score (nSPS) is 11.1. The molecule has 0 aliphatic rings. The predicted octanol–water partition coefficient (Wildman–Crippen LogP) is 3.08. The third-order valence-corrected chi connectivity index (χ3v) is 5.71. The summed E-state index contributed by atoms with van der Waals surface area (Å²) in [6, 6.07) is 3.88. The van der Waals surface area contributed by atoms with E-state index in [1.54, 1.807) is 35.1 Å². The summed E-state index contributed by atoms with van der Waals surface area (Å²) in [6.45, 7) is 2.44. The van der Waals surface area contributed by atoms with Gasteiger partial charge < -0.3 is 5.32 Å². The Morgan fingerprint density at radius 1 is 1.36 bits per heavy atom. The van der Waals surface area contributed by atoms with Crippen molar-refractivity contribution in [1.82, 2.24) is 24.7 Å². The molecule has 4 heterocycles. The third-order valence-electron chi connectivity index (χ3n) is 3.73. The summed E-state index contributed by atoms with van der Waals surface area (Å²) in [6.07, 6.45) is 7.65. The van der Waals surface area contributed by atoms with Crippen LogP contribution in [0.25, 0.3) is 15.5 Å². The second-order valence-corrected chi connectivity index (χ2v) is 7.50. The van der Waals surface area contributed by atoms with Gasteiger partial charge in [0, 0.05) is 40.6 Å². The van der Waals surface area contributed by atoms with E-state index < -0.39 is 0 Å². The average molecular weight is 369 g/mol. The van der Waals surface area contributed by atoms with Crippen molar-refractivity contribution < 1.29 is 4.79 Å². The number of aryl methyl sites for hydroxylation is 1. The van der Waals surface area contributed by atoms with Crippen LogP contribution in [0.3, 0.4) is 0 Å². The number of amides is 1. The van der Waals surface area contributed by atoms with Crippen LogP contribution in [-0.2, 0) is 17.8 Å². The molecule has 0 fully saturated rings. The average Bonchev–Trinajstić information content (AvgIpc) is 3.29. The third kappa shape index (κ3) is 3.45. The minimum Gasteiger partial charge on any atom is -0.351 e. The van der Waals surface area contributed by atoms with Crippen molar-refractivity contribution in [2.24, 2.45) is 0 Å². The molecule has 4 rings (SSSR count). The first-order chi connectivity index (χ1) is 12.2. The van der Waals surface area contributed by atoms with Gasteiger partial charge in [-0.25, -0.2) is 9.97 Å². The molecule has 0 aromatic carbocycles. The topological polar surface area (TPSA) is 72.2 Å². The molecule has 0 aliphatic heterocycles. The minimum absolute atomic E-state index is 0.0403. The van der Waals surface area contributed by atoms with Crippen molar-refractivity contribution in [2.45, 2.75) is 19.9 Å². The fraction of sp³-hybridized carbons (Fsp3) is 0.176. The van der Waals surface area contributed by atoms with E-state index >= 15 is 0 Å². The molecule has 1 amide bonds. The van der Waals surface area contributed by atoms with Gasteiger partial charge in [0.15, 0.2) is 4.96 Å². The van der Waals surface area contributed by atoms with Gasteiger partial charge in [0.2, 0.25) is 5.91 Å². The van der Waals surface area contributed by atoms with Crippen molar-refractivity contribution >= 4 is 33.5 Å². The number of aromatic nitrogens is 4. The van der Waals surface area contributed by atoms with Crippen molar-refractivity contribution in [2.75, 3.05) is 0 Å². The van der Waals surface area contributed by atoms with Crippen LogP contribution in [0.1, 0.15) is 16.3 Å². The first kappa shape index (κ1) is 15.9. The maximum Gasteiger partial charge on any atom is 0.226 e. The molecule has 0 aliphatic carbocycles. The number of carbonyl (C=O) groups excluding carboxylic acids is 1. The quantitative estimate of drug-likeness (QED) is 0.587. The van der Waals surface area contributed by atoms with Gasteiger partial charge in [-0.2, -0.15) is 0 Å². The van der Waals surface area contributed by atoms with E-state index in [9.17, 15) is 4.79 Å². The molecule has 8 heteroatoms. The molecule has 4 aromatic heterocycles. The number of pyridine rings is 1. The van der Waals surface area contributed by atoms with Gasteiger partial charge in [0.25, 0.3) is 0 Å². The molecule has 0 saturated heterocycles. The fourth-order valence-corrected chi connectivity index (χ4v) is 4.18. The number of hydrogen-bond acceptors (Lipinski definition) is 6. The fourth-order valence-electron chi connectivity index (χ4n) is 2.47. The Labute approximate surface area is 152 Å². The van der Waals surface area contributed by atoms with E-state index in [1.165, 1.54) is 0 Å². The van der Waals surface area contributed by atoms with Crippen molar-refractivity contribution in [1.29, 1.82) is 0 Å². The molecule has 126 valence electrons. The van der Waals surface area contributed by atoms with Gasteiger partial charge in [-0.1, -0.05) is 0 Å². The molecule has 4 aromatic rings. The molecule has 1 N–H and O–H groups in total. The largest absolute Gasteiger partial charge is 0.351 e.